The van der Waals surface area contributed by atoms with Gasteiger partial charge in [0.2, 0.25) is 0 Å². The molecule has 1 saturated heterocycles. The first-order valence-electron chi connectivity index (χ1n) is 8.85. The molecule has 2 atom stereocenters. The first-order valence-corrected chi connectivity index (χ1v) is 9.23. The molecule has 27 heavy (non-hydrogen) atoms. The number of fused-ring (bicyclic) bond motifs is 5. The molecule has 1 amide bonds. The lowest BCUT2D eigenvalue weighted by molar-refractivity contribution is -0.174. The highest BCUT2D eigenvalue weighted by molar-refractivity contribution is 6.30. The van der Waals surface area contributed by atoms with Crippen LogP contribution in [0.15, 0.2) is 42.5 Å². The Morgan fingerprint density at radius 1 is 1.15 bits per heavy atom. The highest BCUT2D eigenvalue weighted by atomic mass is 35.5. The second-order valence-electron chi connectivity index (χ2n) is 7.01. The number of benzene rings is 2. The van der Waals surface area contributed by atoms with Crippen LogP contribution in [0.25, 0.3) is 0 Å². The number of nitrogens with zero attached hydrogens (tertiary/aromatic N) is 1. The molecule has 0 aliphatic carbocycles. The number of nitrogens with one attached hydrogen (secondary N) is 1. The number of carbonyl (C=O) groups is 1. The third-order valence-electron chi connectivity index (χ3n) is 5.32. The summed E-state index contributed by atoms with van der Waals surface area (Å²) in [5.41, 5.74) is 4.02. The van der Waals surface area contributed by atoms with Crippen molar-refractivity contribution in [1.82, 2.24) is 5.32 Å². The van der Waals surface area contributed by atoms with Crippen LogP contribution in [0.4, 0.5) is 18.9 Å². The van der Waals surface area contributed by atoms with Gasteiger partial charge in [-0.2, -0.15) is 13.2 Å². The topological polar surface area (TPSA) is 32.3 Å². The maximum atomic E-state index is 12.9. The molecule has 0 unspecified atom stereocenters. The zero-order chi connectivity index (χ0) is 19.2. The molecule has 2 aliphatic heterocycles. The van der Waals surface area contributed by atoms with Crippen LogP contribution in [0.2, 0.25) is 5.02 Å². The second-order valence-corrected chi connectivity index (χ2v) is 7.44. The van der Waals surface area contributed by atoms with Crippen LogP contribution in [0.3, 0.4) is 0 Å². The van der Waals surface area contributed by atoms with Crippen LogP contribution < -0.4 is 10.2 Å². The minimum atomic E-state index is -4.90. The van der Waals surface area contributed by atoms with Crippen LogP contribution in [0, 0.1) is 0 Å². The number of hydrogen-bond acceptors (Lipinski definition) is 2. The number of anilines is 1. The Kier molecular flexibility index (Phi) is 4.54. The Labute approximate surface area is 160 Å². The van der Waals surface area contributed by atoms with E-state index in [1.165, 1.54) is 0 Å². The van der Waals surface area contributed by atoms with E-state index in [1.807, 2.05) is 42.5 Å². The molecule has 1 fully saturated rings. The zero-order valence-electron chi connectivity index (χ0n) is 14.4. The van der Waals surface area contributed by atoms with Crippen molar-refractivity contribution in [1.29, 1.82) is 0 Å². The molecule has 2 aromatic carbocycles. The summed E-state index contributed by atoms with van der Waals surface area (Å²) in [6.45, 7) is 0.699. The monoisotopic (exact) mass is 394 g/mol. The fraction of sp³-hybridized carbons (Fsp3) is 0.350. The average molecular weight is 395 g/mol. The van der Waals surface area contributed by atoms with Crippen LogP contribution in [0.5, 0.6) is 0 Å². The largest absolute Gasteiger partial charge is 0.471 e. The van der Waals surface area contributed by atoms with Crippen LogP contribution >= 0.6 is 11.6 Å². The van der Waals surface area contributed by atoms with Crippen molar-refractivity contribution in [2.24, 2.45) is 0 Å². The van der Waals surface area contributed by atoms with E-state index in [9.17, 15) is 18.0 Å². The lowest BCUT2D eigenvalue weighted by Crippen LogP contribution is -2.53. The van der Waals surface area contributed by atoms with Gasteiger partial charge in [0.05, 0.1) is 12.1 Å². The highest BCUT2D eigenvalue weighted by Crippen LogP contribution is 2.43. The SMILES string of the molecule is O=C(N[C@@H]1CCCN2c3cc(Cl)ccc3Cc3ccccc3[C@@H]12)C(F)(F)F. The van der Waals surface area contributed by atoms with E-state index in [0.717, 1.165) is 22.4 Å². The van der Waals surface area contributed by atoms with Crippen molar-refractivity contribution in [3.8, 4) is 0 Å². The maximum Gasteiger partial charge on any atom is 0.471 e. The molecule has 7 heteroatoms. The number of carbonyl (C=O) groups excluding carboxylic acids is 1. The summed E-state index contributed by atoms with van der Waals surface area (Å²) in [4.78, 5) is 13.7. The van der Waals surface area contributed by atoms with Gasteiger partial charge in [0, 0.05) is 17.3 Å². The zero-order valence-corrected chi connectivity index (χ0v) is 15.1. The van der Waals surface area contributed by atoms with Crippen LogP contribution in [0.1, 0.15) is 35.6 Å². The summed E-state index contributed by atoms with van der Waals surface area (Å²) in [6.07, 6.45) is -3.04. The van der Waals surface area contributed by atoms with Gasteiger partial charge in [-0.05, 0) is 48.1 Å². The molecule has 2 aliphatic rings. The fourth-order valence-electron chi connectivity index (χ4n) is 4.19. The van der Waals surface area contributed by atoms with Crippen molar-refractivity contribution < 1.29 is 18.0 Å². The predicted molar refractivity (Wildman–Crippen MR) is 98.0 cm³/mol. The van der Waals surface area contributed by atoms with E-state index in [1.54, 1.807) is 0 Å². The van der Waals surface area contributed by atoms with Crippen LogP contribution in [-0.2, 0) is 11.2 Å². The molecule has 0 radical (unpaired) electrons. The molecule has 1 N–H and O–H groups in total. The summed E-state index contributed by atoms with van der Waals surface area (Å²) in [7, 11) is 0. The predicted octanol–water partition coefficient (Wildman–Crippen LogP) is 4.63. The third kappa shape index (κ3) is 3.38. The van der Waals surface area contributed by atoms with Crippen molar-refractivity contribution in [3.05, 3.63) is 64.2 Å². The molecule has 4 rings (SSSR count). The Balaban J connectivity index is 1.81. The number of hydrogen-bond donors (Lipinski definition) is 1. The van der Waals surface area contributed by atoms with Gasteiger partial charge in [0.15, 0.2) is 0 Å². The van der Waals surface area contributed by atoms with E-state index in [4.69, 9.17) is 11.6 Å². The number of piperidine rings is 1. The molecule has 142 valence electrons. The standard InChI is InChI=1S/C20H18ClF3N2O/c21-14-8-7-13-10-12-4-1-2-5-15(12)18-16(25-19(27)20(22,23)24)6-3-9-26(18)17(13)11-14/h1-2,4-5,7-8,11,16,18H,3,6,9-10H2,(H,25,27)/t16-,18+/m1/s1. The first kappa shape index (κ1) is 18.2. The molecule has 2 aromatic rings. The van der Waals surface area contributed by atoms with Crippen LogP contribution in [-0.4, -0.2) is 24.7 Å². The van der Waals surface area contributed by atoms with Gasteiger partial charge in [0.1, 0.15) is 0 Å². The van der Waals surface area contributed by atoms with E-state index >= 15 is 0 Å². The van der Waals surface area contributed by atoms with Gasteiger partial charge in [-0.1, -0.05) is 41.9 Å². The van der Waals surface area contributed by atoms with Crippen molar-refractivity contribution in [2.45, 2.75) is 37.5 Å². The van der Waals surface area contributed by atoms with Gasteiger partial charge in [-0.25, -0.2) is 0 Å². The minimum Gasteiger partial charge on any atom is -0.362 e. The Morgan fingerprint density at radius 3 is 2.70 bits per heavy atom. The van der Waals surface area contributed by atoms with Crippen molar-refractivity contribution in [3.63, 3.8) is 0 Å². The Hall–Kier alpha value is -2.21. The molecule has 0 saturated carbocycles. The second kappa shape index (κ2) is 6.75. The number of alkyl halides is 3. The molecular formula is C20H18ClF3N2O. The van der Waals surface area contributed by atoms with Crippen molar-refractivity contribution in [2.75, 3.05) is 11.4 Å². The van der Waals surface area contributed by atoms with Gasteiger partial charge in [-0.3, -0.25) is 4.79 Å². The van der Waals surface area contributed by atoms with Gasteiger partial charge in [0.25, 0.3) is 0 Å². The summed E-state index contributed by atoms with van der Waals surface area (Å²) >= 11 is 6.21. The van der Waals surface area contributed by atoms with E-state index in [2.05, 4.69) is 10.2 Å². The summed E-state index contributed by atoms with van der Waals surface area (Å²) in [6, 6.07) is 12.4. The summed E-state index contributed by atoms with van der Waals surface area (Å²) < 4.78 is 38.6. The fourth-order valence-corrected chi connectivity index (χ4v) is 4.36. The Bertz CT molecular complexity index is 884. The van der Waals surface area contributed by atoms with E-state index < -0.39 is 18.1 Å². The Morgan fingerprint density at radius 2 is 1.93 bits per heavy atom. The van der Waals surface area contributed by atoms with Crippen molar-refractivity contribution >= 4 is 23.2 Å². The summed E-state index contributed by atoms with van der Waals surface area (Å²) in [5, 5.41) is 2.82. The average Bonchev–Trinajstić information content (AvgIpc) is 2.76. The third-order valence-corrected chi connectivity index (χ3v) is 5.55. The minimum absolute atomic E-state index is 0.360. The number of halogens is 4. The number of rotatable bonds is 1. The lowest BCUT2D eigenvalue weighted by atomic mass is 9.88. The molecule has 0 aromatic heterocycles. The highest BCUT2D eigenvalue weighted by Gasteiger charge is 2.44. The summed E-state index contributed by atoms with van der Waals surface area (Å²) in [5.74, 6) is -1.89. The van der Waals surface area contributed by atoms with Gasteiger partial charge in [-0.15, -0.1) is 0 Å². The molecule has 0 spiro atoms. The van der Waals surface area contributed by atoms with Gasteiger partial charge >= 0.3 is 12.1 Å². The molecule has 0 bridgehead atoms. The van der Waals surface area contributed by atoms with Gasteiger partial charge < -0.3 is 10.2 Å². The maximum absolute atomic E-state index is 12.9. The normalized spacial score (nSPS) is 21.6. The quantitative estimate of drug-likeness (QED) is 0.764. The number of amides is 1. The molecule has 3 nitrogen and oxygen atoms in total. The lowest BCUT2D eigenvalue weighted by Gasteiger charge is -2.43. The smallest absolute Gasteiger partial charge is 0.362 e. The van der Waals surface area contributed by atoms with E-state index in [0.29, 0.717) is 30.8 Å². The molecule has 2 heterocycles. The molecular weight excluding hydrogens is 377 g/mol. The first-order chi connectivity index (χ1) is 12.8. The van der Waals surface area contributed by atoms with E-state index in [-0.39, 0.29) is 6.04 Å².